The van der Waals surface area contributed by atoms with Crippen molar-refractivity contribution in [2.75, 3.05) is 7.11 Å². The number of para-hydroxylation sites is 1. The number of hydrogen-bond donors (Lipinski definition) is 2. The second kappa shape index (κ2) is 8.15. The van der Waals surface area contributed by atoms with E-state index < -0.39 is 6.04 Å². The molecule has 1 aromatic heterocycles. The summed E-state index contributed by atoms with van der Waals surface area (Å²) in [4.78, 5) is 16.7. The maximum absolute atomic E-state index is 12.4. The Morgan fingerprint density at radius 2 is 1.88 bits per heavy atom. The molecule has 2 amide bonds. The highest BCUT2D eigenvalue weighted by molar-refractivity contribution is 5.75. The maximum atomic E-state index is 12.4. The van der Waals surface area contributed by atoms with Crippen LogP contribution in [0, 0.1) is 6.92 Å². The van der Waals surface area contributed by atoms with Gasteiger partial charge in [-0.1, -0.05) is 53.7 Å². The lowest BCUT2D eigenvalue weighted by atomic mass is 10.1. The van der Waals surface area contributed by atoms with Gasteiger partial charge in [0, 0.05) is 12.1 Å². The van der Waals surface area contributed by atoms with Crippen molar-refractivity contribution >= 4 is 6.03 Å². The molecule has 134 valence electrons. The van der Waals surface area contributed by atoms with E-state index in [-0.39, 0.29) is 6.03 Å². The van der Waals surface area contributed by atoms with Crippen molar-refractivity contribution in [1.29, 1.82) is 0 Å². The largest absolute Gasteiger partial charge is 0.496 e. The fourth-order valence-corrected chi connectivity index (χ4v) is 2.57. The number of nitrogens with zero attached hydrogens (tertiary/aromatic N) is 2. The smallest absolute Gasteiger partial charge is 0.315 e. The number of carbonyl (C=O) groups is 1. The maximum Gasteiger partial charge on any atom is 0.315 e. The number of nitrogens with one attached hydrogen (secondary N) is 2. The summed E-state index contributed by atoms with van der Waals surface area (Å²) >= 11 is 0. The van der Waals surface area contributed by atoms with Gasteiger partial charge in [-0.3, -0.25) is 0 Å². The molecule has 1 atom stereocenters. The Kier molecular flexibility index (Phi) is 5.48. The van der Waals surface area contributed by atoms with Gasteiger partial charge in [0.1, 0.15) is 11.8 Å². The summed E-state index contributed by atoms with van der Waals surface area (Å²) in [5.41, 5.74) is 1.73. The van der Waals surface area contributed by atoms with E-state index in [0.717, 1.165) is 16.9 Å². The van der Waals surface area contributed by atoms with E-state index in [1.165, 1.54) is 0 Å². The molecule has 0 aliphatic carbocycles. The second-order valence-corrected chi connectivity index (χ2v) is 5.66. The lowest BCUT2D eigenvalue weighted by Crippen LogP contribution is -2.38. The summed E-state index contributed by atoms with van der Waals surface area (Å²) in [6, 6.07) is 16.1. The van der Waals surface area contributed by atoms with Gasteiger partial charge in [-0.15, -0.1) is 0 Å². The molecule has 0 aliphatic rings. The minimum Gasteiger partial charge on any atom is -0.496 e. The first-order chi connectivity index (χ1) is 12.7. The fraction of sp³-hybridized carbons (Fsp3) is 0.211. The zero-order valence-electron chi connectivity index (χ0n) is 14.6. The van der Waals surface area contributed by atoms with Crippen LogP contribution in [0.4, 0.5) is 4.79 Å². The molecule has 0 aliphatic heterocycles. The molecule has 1 heterocycles. The van der Waals surface area contributed by atoms with Gasteiger partial charge in [0.05, 0.1) is 7.11 Å². The van der Waals surface area contributed by atoms with Gasteiger partial charge in [0.25, 0.3) is 5.89 Å². The van der Waals surface area contributed by atoms with E-state index in [9.17, 15) is 4.79 Å². The van der Waals surface area contributed by atoms with Crippen LogP contribution in [0.3, 0.4) is 0 Å². The minimum atomic E-state index is -0.532. The summed E-state index contributed by atoms with van der Waals surface area (Å²) < 4.78 is 10.6. The van der Waals surface area contributed by atoms with Crippen LogP contribution in [0.2, 0.25) is 0 Å². The lowest BCUT2D eigenvalue weighted by Gasteiger charge is -2.16. The number of amides is 2. The van der Waals surface area contributed by atoms with Gasteiger partial charge < -0.3 is 19.9 Å². The van der Waals surface area contributed by atoms with Crippen LogP contribution in [0.1, 0.15) is 28.9 Å². The molecular weight excluding hydrogens is 332 g/mol. The van der Waals surface area contributed by atoms with Crippen LogP contribution >= 0.6 is 0 Å². The van der Waals surface area contributed by atoms with Crippen LogP contribution < -0.4 is 15.4 Å². The van der Waals surface area contributed by atoms with Gasteiger partial charge in [-0.05, 0) is 18.6 Å². The first kappa shape index (κ1) is 17.5. The minimum absolute atomic E-state index is 0.334. The summed E-state index contributed by atoms with van der Waals surface area (Å²) in [6.07, 6.45) is 0. The van der Waals surface area contributed by atoms with E-state index in [2.05, 4.69) is 20.8 Å². The van der Waals surface area contributed by atoms with Gasteiger partial charge in [0.2, 0.25) is 0 Å². The van der Waals surface area contributed by atoms with Crippen molar-refractivity contribution in [1.82, 2.24) is 20.8 Å². The predicted octanol–water partition coefficient (Wildman–Crippen LogP) is 2.98. The molecule has 2 aromatic carbocycles. The van der Waals surface area contributed by atoms with Crippen molar-refractivity contribution in [3.8, 4) is 5.75 Å². The molecule has 0 fully saturated rings. The van der Waals surface area contributed by atoms with Crippen molar-refractivity contribution < 1.29 is 14.1 Å². The molecule has 0 radical (unpaired) electrons. The predicted molar refractivity (Wildman–Crippen MR) is 95.7 cm³/mol. The molecule has 3 aromatic rings. The standard InChI is InChI=1S/C19H20N4O3/c1-13-21-18(26-23-13)17(14-8-4-3-5-9-14)22-19(24)20-12-15-10-6-7-11-16(15)25-2/h3-11,17H,12H2,1-2H3,(H2,20,22,24). The molecule has 7 heteroatoms. The van der Waals surface area contributed by atoms with Crippen LogP contribution in [0.25, 0.3) is 0 Å². The van der Waals surface area contributed by atoms with E-state index in [1.807, 2.05) is 54.6 Å². The van der Waals surface area contributed by atoms with Crippen molar-refractivity contribution in [3.63, 3.8) is 0 Å². The number of aromatic nitrogens is 2. The van der Waals surface area contributed by atoms with Crippen molar-refractivity contribution in [3.05, 3.63) is 77.4 Å². The van der Waals surface area contributed by atoms with E-state index in [1.54, 1.807) is 14.0 Å². The number of hydrogen-bond acceptors (Lipinski definition) is 5. The second-order valence-electron chi connectivity index (χ2n) is 5.66. The zero-order chi connectivity index (χ0) is 18.4. The summed E-state index contributed by atoms with van der Waals surface area (Å²) in [7, 11) is 1.60. The molecule has 3 rings (SSSR count). The fourth-order valence-electron chi connectivity index (χ4n) is 2.57. The molecule has 0 saturated carbocycles. The van der Waals surface area contributed by atoms with E-state index in [0.29, 0.717) is 18.3 Å². The topological polar surface area (TPSA) is 89.3 Å². The number of benzene rings is 2. The Labute approximate surface area is 151 Å². The first-order valence-electron chi connectivity index (χ1n) is 8.19. The third-order valence-electron chi connectivity index (χ3n) is 3.83. The molecule has 26 heavy (non-hydrogen) atoms. The number of urea groups is 1. The molecule has 0 spiro atoms. The highest BCUT2D eigenvalue weighted by Gasteiger charge is 2.22. The molecule has 2 N–H and O–H groups in total. The Morgan fingerprint density at radius 1 is 1.15 bits per heavy atom. The quantitative estimate of drug-likeness (QED) is 0.712. The number of carbonyl (C=O) groups excluding carboxylic acids is 1. The SMILES string of the molecule is COc1ccccc1CNC(=O)NC(c1ccccc1)c1nc(C)no1. The number of ether oxygens (including phenoxy) is 1. The van der Waals surface area contributed by atoms with Gasteiger partial charge in [-0.2, -0.15) is 4.98 Å². The van der Waals surface area contributed by atoms with Crippen LogP contribution in [0.5, 0.6) is 5.75 Å². The Bertz CT molecular complexity index is 864. The van der Waals surface area contributed by atoms with Crippen LogP contribution in [-0.4, -0.2) is 23.3 Å². The summed E-state index contributed by atoms with van der Waals surface area (Å²) in [5, 5.41) is 9.53. The molecule has 0 bridgehead atoms. The van der Waals surface area contributed by atoms with E-state index >= 15 is 0 Å². The molecular formula is C19H20N4O3. The van der Waals surface area contributed by atoms with Gasteiger partial charge >= 0.3 is 6.03 Å². The summed E-state index contributed by atoms with van der Waals surface area (Å²) in [5.74, 6) is 1.57. The molecule has 0 saturated heterocycles. The normalized spacial score (nSPS) is 11.6. The Hall–Kier alpha value is -3.35. The average Bonchev–Trinajstić information content (AvgIpc) is 3.11. The van der Waals surface area contributed by atoms with E-state index in [4.69, 9.17) is 9.26 Å². The van der Waals surface area contributed by atoms with Crippen LogP contribution in [0.15, 0.2) is 59.1 Å². The Balaban J connectivity index is 1.71. The van der Waals surface area contributed by atoms with Crippen LogP contribution in [-0.2, 0) is 6.54 Å². The number of methoxy groups -OCH3 is 1. The van der Waals surface area contributed by atoms with Crippen molar-refractivity contribution in [2.24, 2.45) is 0 Å². The monoisotopic (exact) mass is 352 g/mol. The molecule has 1 unspecified atom stereocenters. The van der Waals surface area contributed by atoms with Gasteiger partial charge in [-0.25, -0.2) is 4.79 Å². The van der Waals surface area contributed by atoms with Crippen molar-refractivity contribution in [2.45, 2.75) is 19.5 Å². The lowest BCUT2D eigenvalue weighted by molar-refractivity contribution is 0.235. The highest BCUT2D eigenvalue weighted by Crippen LogP contribution is 2.20. The third-order valence-corrected chi connectivity index (χ3v) is 3.83. The Morgan fingerprint density at radius 3 is 2.58 bits per heavy atom. The van der Waals surface area contributed by atoms with Gasteiger partial charge in [0.15, 0.2) is 5.82 Å². The average molecular weight is 352 g/mol. The highest BCUT2D eigenvalue weighted by atomic mass is 16.5. The first-order valence-corrected chi connectivity index (χ1v) is 8.19. The number of rotatable bonds is 6. The number of aryl methyl sites for hydroxylation is 1. The zero-order valence-corrected chi connectivity index (χ0v) is 14.6. The summed E-state index contributed by atoms with van der Waals surface area (Å²) in [6.45, 7) is 2.07. The molecule has 7 nitrogen and oxygen atoms in total. The third kappa shape index (κ3) is 4.18.